The molecule has 1 atom stereocenters. The number of esters is 3. The van der Waals surface area contributed by atoms with E-state index in [1.165, 1.54) is 199 Å². The zero-order valence-electron chi connectivity index (χ0n) is 42.5. The molecule has 62 heavy (non-hydrogen) atoms. The molecule has 0 amide bonds. The summed E-state index contributed by atoms with van der Waals surface area (Å²) in [4.78, 5) is 38.0. The Labute approximate surface area is 387 Å². The predicted octanol–water partition coefficient (Wildman–Crippen LogP) is 18.1. The van der Waals surface area contributed by atoms with Gasteiger partial charge in [0.2, 0.25) is 0 Å². The van der Waals surface area contributed by atoms with Gasteiger partial charge in [0.15, 0.2) is 6.10 Å². The van der Waals surface area contributed by atoms with Crippen LogP contribution >= 0.6 is 0 Å². The SMILES string of the molecule is CCCCCCCCCCCCCCCC(=O)O[C@H](COC(=O)CCCCCCCCCCCCCCCCCCC(C)C)COC(=O)CCCCCCCCCCCC(C)C. The lowest BCUT2D eigenvalue weighted by Crippen LogP contribution is -2.30. The molecule has 6 nitrogen and oxygen atoms in total. The quantitative estimate of drug-likeness (QED) is 0.0344. The average Bonchev–Trinajstić information content (AvgIpc) is 3.24. The van der Waals surface area contributed by atoms with E-state index in [1.807, 2.05) is 0 Å². The molecule has 0 saturated heterocycles. The lowest BCUT2D eigenvalue weighted by molar-refractivity contribution is -0.167. The van der Waals surface area contributed by atoms with Crippen LogP contribution in [0.5, 0.6) is 0 Å². The van der Waals surface area contributed by atoms with Crippen LogP contribution in [0.15, 0.2) is 0 Å². The van der Waals surface area contributed by atoms with E-state index in [1.54, 1.807) is 0 Å². The topological polar surface area (TPSA) is 78.9 Å². The largest absolute Gasteiger partial charge is 0.462 e. The van der Waals surface area contributed by atoms with Crippen LogP contribution in [-0.2, 0) is 28.6 Å². The Morgan fingerprint density at radius 1 is 0.306 bits per heavy atom. The third-order valence-electron chi connectivity index (χ3n) is 12.7. The van der Waals surface area contributed by atoms with Gasteiger partial charge in [-0.3, -0.25) is 14.4 Å². The van der Waals surface area contributed by atoms with E-state index < -0.39 is 6.10 Å². The molecule has 0 spiro atoms. The molecule has 0 N–H and O–H groups in total. The minimum Gasteiger partial charge on any atom is -0.462 e. The molecule has 368 valence electrons. The average molecular weight is 877 g/mol. The van der Waals surface area contributed by atoms with Gasteiger partial charge in [-0.25, -0.2) is 0 Å². The van der Waals surface area contributed by atoms with Crippen LogP contribution < -0.4 is 0 Å². The Morgan fingerprint density at radius 3 is 0.790 bits per heavy atom. The minimum absolute atomic E-state index is 0.0631. The van der Waals surface area contributed by atoms with Crippen molar-refractivity contribution in [2.75, 3.05) is 13.2 Å². The lowest BCUT2D eigenvalue weighted by atomic mass is 10.0. The zero-order chi connectivity index (χ0) is 45.4. The molecule has 0 rings (SSSR count). The lowest BCUT2D eigenvalue weighted by Gasteiger charge is -2.18. The summed E-state index contributed by atoms with van der Waals surface area (Å²) < 4.78 is 16.8. The molecule has 0 aromatic rings. The van der Waals surface area contributed by atoms with Gasteiger partial charge < -0.3 is 14.2 Å². The summed E-state index contributed by atoms with van der Waals surface area (Å²) in [5, 5.41) is 0. The molecule has 0 aliphatic heterocycles. The molecule has 0 bridgehead atoms. The van der Waals surface area contributed by atoms with Gasteiger partial charge in [-0.15, -0.1) is 0 Å². The van der Waals surface area contributed by atoms with E-state index in [-0.39, 0.29) is 31.1 Å². The van der Waals surface area contributed by atoms with E-state index in [0.717, 1.165) is 69.6 Å². The predicted molar refractivity (Wildman–Crippen MR) is 266 cm³/mol. The van der Waals surface area contributed by atoms with Crippen molar-refractivity contribution in [2.45, 2.75) is 317 Å². The first-order chi connectivity index (χ1) is 30.2. The monoisotopic (exact) mass is 877 g/mol. The fourth-order valence-corrected chi connectivity index (χ4v) is 8.52. The second-order valence-electron chi connectivity index (χ2n) is 20.2. The van der Waals surface area contributed by atoms with Gasteiger partial charge in [0, 0.05) is 19.3 Å². The van der Waals surface area contributed by atoms with E-state index in [2.05, 4.69) is 34.6 Å². The number of carbonyl (C=O) groups excluding carboxylic acids is 3. The van der Waals surface area contributed by atoms with Crippen molar-refractivity contribution >= 4 is 17.9 Å². The number of hydrogen-bond acceptors (Lipinski definition) is 6. The molecule has 0 aromatic carbocycles. The molecular weight excluding hydrogens is 769 g/mol. The Bertz CT molecular complexity index is 947. The third kappa shape index (κ3) is 49.4. The van der Waals surface area contributed by atoms with Crippen LogP contribution in [-0.4, -0.2) is 37.2 Å². The number of carbonyl (C=O) groups is 3. The van der Waals surface area contributed by atoms with Gasteiger partial charge in [0.1, 0.15) is 13.2 Å². The van der Waals surface area contributed by atoms with E-state index >= 15 is 0 Å². The molecule has 0 aromatic heterocycles. The van der Waals surface area contributed by atoms with Crippen LogP contribution in [0.1, 0.15) is 311 Å². The first kappa shape index (κ1) is 60.4. The minimum atomic E-state index is -0.762. The normalized spacial score (nSPS) is 12.0. The van der Waals surface area contributed by atoms with Crippen molar-refractivity contribution in [2.24, 2.45) is 11.8 Å². The van der Waals surface area contributed by atoms with Crippen LogP contribution in [0.2, 0.25) is 0 Å². The highest BCUT2D eigenvalue weighted by Crippen LogP contribution is 2.18. The summed E-state index contributed by atoms with van der Waals surface area (Å²) in [7, 11) is 0. The fraction of sp³-hybridized carbons (Fsp3) is 0.946. The molecule has 0 unspecified atom stereocenters. The molecule has 0 fully saturated rings. The standard InChI is InChI=1S/C56H108O6/c1-6-7-8-9-10-11-12-17-22-27-33-38-43-48-56(59)62-53(50-61-55(58)47-42-37-32-28-23-25-30-35-40-45-52(4)5)49-60-54(57)46-41-36-31-26-21-19-16-14-13-15-18-20-24-29-34-39-44-51(2)3/h51-53H,6-50H2,1-5H3/t53-/m1/s1. The van der Waals surface area contributed by atoms with Gasteiger partial charge >= 0.3 is 17.9 Å². The Kier molecular flexibility index (Phi) is 47.6. The van der Waals surface area contributed by atoms with Gasteiger partial charge in [-0.1, -0.05) is 272 Å². The van der Waals surface area contributed by atoms with Crippen LogP contribution in [0.3, 0.4) is 0 Å². The molecule has 6 heteroatoms. The smallest absolute Gasteiger partial charge is 0.306 e. The number of hydrogen-bond donors (Lipinski definition) is 0. The Morgan fingerprint density at radius 2 is 0.532 bits per heavy atom. The summed E-state index contributed by atoms with van der Waals surface area (Å²) in [5.74, 6) is 0.818. The van der Waals surface area contributed by atoms with Gasteiger partial charge in [0.25, 0.3) is 0 Å². The van der Waals surface area contributed by atoms with Gasteiger partial charge in [-0.2, -0.15) is 0 Å². The molecule has 0 aliphatic rings. The first-order valence-corrected chi connectivity index (χ1v) is 27.7. The van der Waals surface area contributed by atoms with E-state index in [9.17, 15) is 14.4 Å². The second-order valence-corrected chi connectivity index (χ2v) is 20.2. The molecular formula is C56H108O6. The van der Waals surface area contributed by atoms with E-state index in [4.69, 9.17) is 14.2 Å². The van der Waals surface area contributed by atoms with Gasteiger partial charge in [-0.05, 0) is 31.1 Å². The molecule has 0 heterocycles. The third-order valence-corrected chi connectivity index (χ3v) is 12.7. The summed E-state index contributed by atoms with van der Waals surface area (Å²) >= 11 is 0. The highest BCUT2D eigenvalue weighted by atomic mass is 16.6. The number of rotatable bonds is 50. The molecule has 0 radical (unpaired) electrons. The number of unbranched alkanes of at least 4 members (excludes halogenated alkanes) is 35. The highest BCUT2D eigenvalue weighted by molar-refractivity contribution is 5.71. The maximum Gasteiger partial charge on any atom is 0.306 e. The van der Waals surface area contributed by atoms with Crippen LogP contribution in [0.4, 0.5) is 0 Å². The zero-order valence-corrected chi connectivity index (χ0v) is 42.5. The van der Waals surface area contributed by atoms with Crippen molar-refractivity contribution in [3.05, 3.63) is 0 Å². The Balaban J connectivity index is 4.26. The van der Waals surface area contributed by atoms with Crippen LogP contribution in [0.25, 0.3) is 0 Å². The van der Waals surface area contributed by atoms with Crippen molar-refractivity contribution in [1.82, 2.24) is 0 Å². The fourth-order valence-electron chi connectivity index (χ4n) is 8.52. The highest BCUT2D eigenvalue weighted by Gasteiger charge is 2.19. The van der Waals surface area contributed by atoms with Crippen molar-refractivity contribution in [3.63, 3.8) is 0 Å². The van der Waals surface area contributed by atoms with E-state index in [0.29, 0.717) is 19.3 Å². The number of ether oxygens (including phenoxy) is 3. The second kappa shape index (κ2) is 48.9. The Hall–Kier alpha value is -1.59. The van der Waals surface area contributed by atoms with Crippen molar-refractivity contribution in [3.8, 4) is 0 Å². The molecule has 0 saturated carbocycles. The van der Waals surface area contributed by atoms with Crippen molar-refractivity contribution in [1.29, 1.82) is 0 Å². The van der Waals surface area contributed by atoms with Gasteiger partial charge in [0.05, 0.1) is 0 Å². The first-order valence-electron chi connectivity index (χ1n) is 27.7. The maximum atomic E-state index is 12.8. The summed E-state index contributed by atoms with van der Waals surface area (Å²) in [5.41, 5.74) is 0. The van der Waals surface area contributed by atoms with Crippen LogP contribution in [0, 0.1) is 11.8 Å². The summed E-state index contributed by atoms with van der Waals surface area (Å²) in [6.45, 7) is 11.4. The molecule has 0 aliphatic carbocycles. The van der Waals surface area contributed by atoms with Crippen molar-refractivity contribution < 1.29 is 28.6 Å². The summed E-state index contributed by atoms with van der Waals surface area (Å²) in [6.07, 6.45) is 50.9. The summed E-state index contributed by atoms with van der Waals surface area (Å²) in [6, 6.07) is 0. The maximum absolute atomic E-state index is 12.8.